The van der Waals surface area contributed by atoms with E-state index in [-0.39, 0.29) is 0 Å². The maximum Gasteiger partial charge on any atom is 0.352 e. The fraction of sp³-hybridized carbons (Fsp3) is 0.389. The molecule has 1 aromatic heterocycles. The van der Waals surface area contributed by atoms with E-state index in [1.54, 1.807) is 6.07 Å². The highest BCUT2D eigenvalue weighted by molar-refractivity contribution is 5.87. The third kappa shape index (κ3) is 2.87. The smallest absolute Gasteiger partial charge is 0.352 e. The number of benzene rings is 1. The Bertz CT molecular complexity index is 636. The molecule has 1 fully saturated rings. The van der Waals surface area contributed by atoms with Gasteiger partial charge in [0.2, 0.25) is 0 Å². The number of aromatic nitrogens is 1. The summed E-state index contributed by atoms with van der Waals surface area (Å²) in [7, 11) is 0. The molecule has 1 saturated carbocycles. The molecule has 1 aliphatic rings. The minimum Gasteiger partial charge on any atom is -0.477 e. The highest BCUT2D eigenvalue weighted by Crippen LogP contribution is 2.40. The number of carbonyl (C=O) groups is 1. The van der Waals surface area contributed by atoms with E-state index in [4.69, 9.17) is 0 Å². The zero-order valence-corrected chi connectivity index (χ0v) is 12.4. The van der Waals surface area contributed by atoms with Crippen LogP contribution in [0.25, 0.3) is 11.3 Å². The van der Waals surface area contributed by atoms with Crippen LogP contribution < -0.4 is 0 Å². The third-order valence-electron chi connectivity index (χ3n) is 4.12. The van der Waals surface area contributed by atoms with Crippen LogP contribution in [0, 0.1) is 0 Å². The van der Waals surface area contributed by atoms with E-state index in [9.17, 15) is 9.90 Å². The van der Waals surface area contributed by atoms with Gasteiger partial charge in [0, 0.05) is 11.7 Å². The predicted molar refractivity (Wildman–Crippen MR) is 83.7 cm³/mol. The number of carboxylic acids is 1. The van der Waals surface area contributed by atoms with Crippen molar-refractivity contribution in [2.45, 2.75) is 45.1 Å². The molecule has 1 aliphatic carbocycles. The zero-order chi connectivity index (χ0) is 14.8. The Labute approximate surface area is 125 Å². The fourth-order valence-electron chi connectivity index (χ4n) is 2.81. The lowest BCUT2D eigenvalue weighted by atomic mass is 10.0. The topological polar surface area (TPSA) is 42.2 Å². The van der Waals surface area contributed by atoms with E-state index in [0.717, 1.165) is 30.5 Å². The largest absolute Gasteiger partial charge is 0.477 e. The molecule has 0 unspecified atom stereocenters. The minimum atomic E-state index is -0.840. The van der Waals surface area contributed by atoms with E-state index < -0.39 is 5.97 Å². The van der Waals surface area contributed by atoms with Gasteiger partial charge in [-0.05, 0) is 48.9 Å². The molecule has 2 aromatic rings. The van der Waals surface area contributed by atoms with Crippen LogP contribution in [-0.2, 0) is 6.42 Å². The van der Waals surface area contributed by atoms with Crippen molar-refractivity contribution >= 4 is 5.97 Å². The van der Waals surface area contributed by atoms with Crippen molar-refractivity contribution in [2.24, 2.45) is 0 Å². The van der Waals surface area contributed by atoms with Crippen LogP contribution >= 0.6 is 0 Å². The lowest BCUT2D eigenvalue weighted by molar-refractivity contribution is 0.0685. The van der Waals surface area contributed by atoms with Gasteiger partial charge in [-0.2, -0.15) is 0 Å². The van der Waals surface area contributed by atoms with Gasteiger partial charge in [0.05, 0.1) is 0 Å². The molecule has 0 spiro atoms. The summed E-state index contributed by atoms with van der Waals surface area (Å²) in [6, 6.07) is 12.6. The molecule has 0 aliphatic heterocycles. The van der Waals surface area contributed by atoms with Crippen molar-refractivity contribution in [2.75, 3.05) is 0 Å². The highest BCUT2D eigenvalue weighted by atomic mass is 16.4. The molecule has 3 rings (SSSR count). The Hall–Kier alpha value is -2.03. The maximum atomic E-state index is 11.4. The summed E-state index contributed by atoms with van der Waals surface area (Å²) >= 11 is 0. The SMILES string of the molecule is CCCCc1ccc(-c2ccc(C(=O)O)n2C2CC2)cc1. The molecule has 0 bridgehead atoms. The summed E-state index contributed by atoms with van der Waals surface area (Å²) in [6.45, 7) is 2.20. The third-order valence-corrected chi connectivity index (χ3v) is 4.12. The van der Waals surface area contributed by atoms with Crippen LogP contribution in [0.5, 0.6) is 0 Å². The number of aryl methyl sites for hydroxylation is 1. The van der Waals surface area contributed by atoms with Crippen LogP contribution in [0.4, 0.5) is 0 Å². The van der Waals surface area contributed by atoms with E-state index >= 15 is 0 Å². The molecule has 3 nitrogen and oxygen atoms in total. The van der Waals surface area contributed by atoms with Crippen molar-refractivity contribution in [3.05, 3.63) is 47.7 Å². The number of aromatic carboxylic acids is 1. The second kappa shape index (κ2) is 5.76. The van der Waals surface area contributed by atoms with Crippen molar-refractivity contribution in [3.63, 3.8) is 0 Å². The van der Waals surface area contributed by atoms with Crippen LogP contribution in [0.15, 0.2) is 36.4 Å². The molecule has 0 radical (unpaired) electrons. The molecule has 0 amide bonds. The van der Waals surface area contributed by atoms with E-state index in [2.05, 4.69) is 31.2 Å². The number of rotatable bonds is 6. The normalized spacial score (nSPS) is 14.3. The number of carboxylic acid groups (broad SMARTS) is 1. The van der Waals surface area contributed by atoms with Gasteiger partial charge in [0.1, 0.15) is 5.69 Å². The second-order valence-corrected chi connectivity index (χ2v) is 5.81. The van der Waals surface area contributed by atoms with Crippen LogP contribution in [-0.4, -0.2) is 15.6 Å². The molecule has 21 heavy (non-hydrogen) atoms. The van der Waals surface area contributed by atoms with Crippen molar-refractivity contribution in [1.82, 2.24) is 4.57 Å². The van der Waals surface area contributed by atoms with E-state index in [1.165, 1.54) is 18.4 Å². The lowest BCUT2D eigenvalue weighted by Gasteiger charge is -2.11. The Morgan fingerprint density at radius 1 is 1.19 bits per heavy atom. The van der Waals surface area contributed by atoms with Gasteiger partial charge in [0.25, 0.3) is 0 Å². The van der Waals surface area contributed by atoms with Crippen molar-refractivity contribution in [3.8, 4) is 11.3 Å². The van der Waals surface area contributed by atoms with E-state index in [0.29, 0.717) is 11.7 Å². The fourth-order valence-corrected chi connectivity index (χ4v) is 2.81. The quantitative estimate of drug-likeness (QED) is 0.846. The molecule has 1 N–H and O–H groups in total. The zero-order valence-electron chi connectivity index (χ0n) is 12.4. The Morgan fingerprint density at radius 3 is 2.48 bits per heavy atom. The molecule has 110 valence electrons. The average Bonchev–Trinajstić information content (AvgIpc) is 3.23. The number of nitrogens with zero attached hydrogens (tertiary/aromatic N) is 1. The van der Waals surface area contributed by atoms with E-state index in [1.807, 2.05) is 10.6 Å². The summed E-state index contributed by atoms with van der Waals surface area (Å²) < 4.78 is 1.99. The van der Waals surface area contributed by atoms with Crippen LogP contribution in [0.1, 0.15) is 54.7 Å². The number of unbranched alkanes of at least 4 members (excludes halogenated alkanes) is 1. The molecule has 1 heterocycles. The molecule has 1 aromatic carbocycles. The van der Waals surface area contributed by atoms with Gasteiger partial charge in [-0.25, -0.2) is 4.79 Å². The average molecular weight is 283 g/mol. The maximum absolute atomic E-state index is 11.4. The Balaban J connectivity index is 1.91. The molecule has 3 heteroatoms. The first-order valence-electron chi connectivity index (χ1n) is 7.74. The van der Waals surface area contributed by atoms with Crippen LogP contribution in [0.2, 0.25) is 0 Å². The highest BCUT2D eigenvalue weighted by Gasteiger charge is 2.29. The van der Waals surface area contributed by atoms with Crippen molar-refractivity contribution < 1.29 is 9.90 Å². The second-order valence-electron chi connectivity index (χ2n) is 5.81. The van der Waals surface area contributed by atoms with Gasteiger partial charge in [0.15, 0.2) is 0 Å². The summed E-state index contributed by atoms with van der Waals surface area (Å²) in [6.07, 6.45) is 5.68. The molecular formula is C18H21NO2. The first-order valence-corrected chi connectivity index (χ1v) is 7.74. The monoisotopic (exact) mass is 283 g/mol. The molecule has 0 atom stereocenters. The Kier molecular flexibility index (Phi) is 3.82. The molecular weight excluding hydrogens is 262 g/mol. The standard InChI is InChI=1S/C18H21NO2/c1-2-3-4-13-5-7-14(8-6-13)16-11-12-17(18(20)21)19(16)15-9-10-15/h5-8,11-12,15H,2-4,9-10H2,1H3,(H,20,21). The van der Waals surface area contributed by atoms with Crippen LogP contribution in [0.3, 0.4) is 0 Å². The molecule has 0 saturated heterocycles. The summed E-state index contributed by atoms with van der Waals surface area (Å²) in [5.74, 6) is -0.840. The predicted octanol–water partition coefficient (Wildman–Crippen LogP) is 4.53. The summed E-state index contributed by atoms with van der Waals surface area (Å²) in [5, 5.41) is 9.32. The number of hydrogen-bond donors (Lipinski definition) is 1. The lowest BCUT2D eigenvalue weighted by Crippen LogP contribution is -2.08. The van der Waals surface area contributed by atoms with Gasteiger partial charge in [-0.3, -0.25) is 0 Å². The van der Waals surface area contributed by atoms with Gasteiger partial charge >= 0.3 is 5.97 Å². The summed E-state index contributed by atoms with van der Waals surface area (Å²) in [4.78, 5) is 11.4. The number of hydrogen-bond acceptors (Lipinski definition) is 1. The van der Waals surface area contributed by atoms with Crippen molar-refractivity contribution in [1.29, 1.82) is 0 Å². The van der Waals surface area contributed by atoms with Gasteiger partial charge in [-0.1, -0.05) is 37.6 Å². The first kappa shape index (κ1) is 13.9. The minimum absolute atomic E-state index is 0.362. The first-order chi connectivity index (χ1) is 10.2. The van der Waals surface area contributed by atoms with Gasteiger partial charge < -0.3 is 9.67 Å². The Morgan fingerprint density at radius 2 is 1.90 bits per heavy atom. The van der Waals surface area contributed by atoms with Gasteiger partial charge in [-0.15, -0.1) is 0 Å². The summed E-state index contributed by atoms with van der Waals surface area (Å²) in [5.41, 5.74) is 3.89.